The first-order valence-electron chi connectivity index (χ1n) is 6.82. The number of hydrogen-bond acceptors (Lipinski definition) is 3. The first-order valence-corrected chi connectivity index (χ1v) is 6.82. The van der Waals surface area contributed by atoms with Gasteiger partial charge in [-0.1, -0.05) is 0 Å². The first-order chi connectivity index (χ1) is 9.37. The molecular weight excluding hydrogens is 259 g/mol. The molecule has 0 aliphatic carbocycles. The summed E-state index contributed by atoms with van der Waals surface area (Å²) in [7, 11) is 1.64. The van der Waals surface area contributed by atoms with E-state index in [4.69, 9.17) is 0 Å². The second kappa shape index (κ2) is 5.40. The third kappa shape index (κ3) is 2.63. The van der Waals surface area contributed by atoms with Crippen LogP contribution in [-0.2, 0) is 4.79 Å². The van der Waals surface area contributed by atoms with Crippen molar-refractivity contribution in [1.82, 2.24) is 10.2 Å². The Hall–Kier alpha value is -1.62. The van der Waals surface area contributed by atoms with Gasteiger partial charge >= 0.3 is 0 Å². The van der Waals surface area contributed by atoms with Gasteiger partial charge in [-0.25, -0.2) is 4.39 Å². The summed E-state index contributed by atoms with van der Waals surface area (Å²) in [6.07, 6.45) is 0.757. The van der Waals surface area contributed by atoms with Gasteiger partial charge in [-0.15, -0.1) is 0 Å². The Morgan fingerprint density at radius 1 is 1.55 bits per heavy atom. The van der Waals surface area contributed by atoms with Crippen LogP contribution in [0.1, 0.15) is 31.9 Å². The van der Waals surface area contributed by atoms with Gasteiger partial charge in [-0.05, 0) is 45.0 Å². The summed E-state index contributed by atoms with van der Waals surface area (Å²) in [6.45, 7) is 5.21. The second-order valence-corrected chi connectivity index (χ2v) is 5.74. The third-order valence-electron chi connectivity index (χ3n) is 4.27. The minimum Gasteiger partial charge on any atom is -0.508 e. The first kappa shape index (κ1) is 14.8. The van der Waals surface area contributed by atoms with Gasteiger partial charge in [-0.2, -0.15) is 0 Å². The summed E-state index contributed by atoms with van der Waals surface area (Å²) in [5.74, 6) is -0.249. The van der Waals surface area contributed by atoms with E-state index in [0.717, 1.165) is 13.0 Å². The van der Waals surface area contributed by atoms with Crippen molar-refractivity contribution in [3.63, 3.8) is 0 Å². The highest BCUT2D eigenvalue weighted by Gasteiger charge is 2.41. The number of benzene rings is 1. The van der Waals surface area contributed by atoms with Crippen LogP contribution in [0.3, 0.4) is 0 Å². The fourth-order valence-electron chi connectivity index (χ4n) is 2.87. The van der Waals surface area contributed by atoms with Crippen LogP contribution >= 0.6 is 0 Å². The number of halogens is 1. The molecule has 1 aromatic rings. The molecule has 20 heavy (non-hydrogen) atoms. The molecule has 110 valence electrons. The maximum atomic E-state index is 13.3. The molecule has 1 aromatic carbocycles. The molecule has 1 aliphatic heterocycles. The molecule has 4 nitrogen and oxygen atoms in total. The highest BCUT2D eigenvalue weighted by atomic mass is 19.1. The fraction of sp³-hybridized carbons (Fsp3) is 0.533. The molecule has 1 heterocycles. The van der Waals surface area contributed by atoms with Crippen molar-refractivity contribution >= 4 is 5.91 Å². The van der Waals surface area contributed by atoms with E-state index in [1.807, 2.05) is 13.8 Å². The number of rotatable bonds is 3. The average molecular weight is 280 g/mol. The number of carbonyl (C=O) groups excluding carboxylic acids is 1. The largest absolute Gasteiger partial charge is 0.508 e. The zero-order valence-corrected chi connectivity index (χ0v) is 12.1. The monoisotopic (exact) mass is 280 g/mol. The molecule has 1 fully saturated rings. The summed E-state index contributed by atoms with van der Waals surface area (Å²) in [4.78, 5) is 14.0. The quantitative estimate of drug-likeness (QED) is 0.891. The molecule has 2 unspecified atom stereocenters. The Kier molecular flexibility index (Phi) is 3.99. The lowest BCUT2D eigenvalue weighted by atomic mass is 9.89. The van der Waals surface area contributed by atoms with E-state index in [0.29, 0.717) is 12.1 Å². The third-order valence-corrected chi connectivity index (χ3v) is 4.27. The van der Waals surface area contributed by atoms with Crippen molar-refractivity contribution in [2.24, 2.45) is 5.41 Å². The van der Waals surface area contributed by atoms with Gasteiger partial charge in [0.15, 0.2) is 0 Å². The van der Waals surface area contributed by atoms with Crippen LogP contribution in [0.15, 0.2) is 18.2 Å². The van der Waals surface area contributed by atoms with Crippen molar-refractivity contribution in [2.45, 2.75) is 26.3 Å². The Labute approximate surface area is 118 Å². The van der Waals surface area contributed by atoms with Gasteiger partial charge < -0.3 is 10.4 Å². The maximum Gasteiger partial charge on any atom is 0.227 e. The molecule has 0 radical (unpaired) electrons. The molecule has 1 amide bonds. The molecule has 2 N–H and O–H groups in total. The van der Waals surface area contributed by atoms with Crippen molar-refractivity contribution in [3.05, 3.63) is 29.6 Å². The lowest BCUT2D eigenvalue weighted by Gasteiger charge is -2.27. The lowest BCUT2D eigenvalue weighted by molar-refractivity contribution is -0.129. The van der Waals surface area contributed by atoms with Crippen molar-refractivity contribution in [1.29, 1.82) is 0 Å². The summed E-state index contributed by atoms with van der Waals surface area (Å²) < 4.78 is 13.3. The van der Waals surface area contributed by atoms with Gasteiger partial charge in [0.05, 0.1) is 5.41 Å². The maximum absolute atomic E-state index is 13.3. The van der Waals surface area contributed by atoms with Gasteiger partial charge in [0, 0.05) is 25.2 Å². The highest BCUT2D eigenvalue weighted by molar-refractivity contribution is 5.82. The Morgan fingerprint density at radius 2 is 2.25 bits per heavy atom. The van der Waals surface area contributed by atoms with Crippen LogP contribution in [0, 0.1) is 11.2 Å². The number of nitrogens with one attached hydrogen (secondary N) is 1. The fourth-order valence-corrected chi connectivity index (χ4v) is 2.87. The second-order valence-electron chi connectivity index (χ2n) is 5.74. The number of phenolic OH excluding ortho intramolecular Hbond substituents is 1. The molecule has 0 saturated carbocycles. The lowest BCUT2D eigenvalue weighted by Crippen LogP contribution is -2.39. The van der Waals surface area contributed by atoms with Gasteiger partial charge in [-0.3, -0.25) is 9.69 Å². The van der Waals surface area contributed by atoms with Crippen LogP contribution in [0.25, 0.3) is 0 Å². The van der Waals surface area contributed by atoms with Gasteiger partial charge in [0.2, 0.25) is 5.91 Å². The van der Waals surface area contributed by atoms with E-state index in [1.54, 1.807) is 7.05 Å². The molecule has 1 aliphatic rings. The molecule has 2 rings (SSSR count). The Morgan fingerprint density at radius 3 is 2.90 bits per heavy atom. The highest BCUT2D eigenvalue weighted by Crippen LogP contribution is 2.37. The number of phenols is 1. The SMILES string of the molecule is CNC(=O)C1(C)CCN(C(C)c2cc(F)ccc2O)C1. The molecule has 2 atom stereocenters. The molecule has 0 spiro atoms. The van der Waals surface area contributed by atoms with Gasteiger partial charge in [0.1, 0.15) is 11.6 Å². The van der Waals surface area contributed by atoms with Crippen LogP contribution in [0.2, 0.25) is 0 Å². The van der Waals surface area contributed by atoms with Crippen molar-refractivity contribution in [3.8, 4) is 5.75 Å². The van der Waals surface area contributed by atoms with E-state index < -0.39 is 5.41 Å². The topological polar surface area (TPSA) is 52.6 Å². The summed E-state index contributed by atoms with van der Waals surface area (Å²) in [6, 6.07) is 3.84. The normalized spacial score (nSPS) is 24.6. The van der Waals surface area contributed by atoms with Gasteiger partial charge in [0.25, 0.3) is 0 Å². The predicted octanol–water partition coefficient (Wildman–Crippen LogP) is 2.05. The summed E-state index contributed by atoms with van der Waals surface area (Å²) in [5.41, 5.74) is 0.137. The van der Waals surface area contributed by atoms with Crippen LogP contribution in [0.4, 0.5) is 4.39 Å². The molecule has 1 saturated heterocycles. The summed E-state index contributed by atoms with van der Waals surface area (Å²) >= 11 is 0. The average Bonchev–Trinajstić information content (AvgIpc) is 2.83. The van der Waals surface area contributed by atoms with E-state index in [2.05, 4.69) is 10.2 Å². The smallest absolute Gasteiger partial charge is 0.227 e. The number of nitrogens with zero attached hydrogens (tertiary/aromatic N) is 1. The van der Waals surface area contributed by atoms with E-state index in [9.17, 15) is 14.3 Å². The zero-order chi connectivity index (χ0) is 14.9. The number of likely N-dealkylation sites (tertiary alicyclic amines) is 1. The molecule has 5 heteroatoms. The van der Waals surface area contributed by atoms with Crippen molar-refractivity contribution in [2.75, 3.05) is 20.1 Å². The number of carbonyl (C=O) groups is 1. The number of amides is 1. The van der Waals surface area contributed by atoms with Crippen molar-refractivity contribution < 1.29 is 14.3 Å². The van der Waals surface area contributed by atoms with E-state index in [1.165, 1.54) is 18.2 Å². The molecule has 0 aromatic heterocycles. The molecular formula is C15H21FN2O2. The molecule has 0 bridgehead atoms. The predicted molar refractivity (Wildman–Crippen MR) is 74.8 cm³/mol. The minimum atomic E-state index is -0.425. The minimum absolute atomic E-state index is 0.0238. The zero-order valence-electron chi connectivity index (χ0n) is 12.1. The van der Waals surface area contributed by atoms with E-state index >= 15 is 0 Å². The standard InChI is InChI=1S/C15H21FN2O2/c1-10(12-8-11(16)4-5-13(12)19)18-7-6-15(2,9-18)14(20)17-3/h4-5,8,10,19H,6-7,9H2,1-3H3,(H,17,20). The number of hydrogen-bond donors (Lipinski definition) is 2. The van der Waals surface area contributed by atoms with Crippen LogP contribution < -0.4 is 5.32 Å². The van der Waals surface area contributed by atoms with E-state index in [-0.39, 0.29) is 23.5 Å². The summed E-state index contributed by atoms with van der Waals surface area (Å²) in [5, 5.41) is 12.6. The van der Waals surface area contributed by atoms with Crippen LogP contribution in [-0.4, -0.2) is 36.1 Å². The Bertz CT molecular complexity index is 521. The van der Waals surface area contributed by atoms with Crippen LogP contribution in [0.5, 0.6) is 5.75 Å². The number of aromatic hydroxyl groups is 1. The Balaban J connectivity index is 2.17.